The molecule has 0 spiro atoms. The third-order valence-corrected chi connectivity index (χ3v) is 3.70. The number of rotatable bonds is 4. The van der Waals surface area contributed by atoms with Crippen LogP contribution >= 0.6 is 0 Å². The van der Waals surface area contributed by atoms with Crippen LogP contribution < -0.4 is 10.6 Å². The zero-order valence-electron chi connectivity index (χ0n) is 11.9. The summed E-state index contributed by atoms with van der Waals surface area (Å²) in [4.78, 5) is 22.9. The molecule has 1 aromatic carbocycles. The third-order valence-electron chi connectivity index (χ3n) is 3.70. The van der Waals surface area contributed by atoms with Crippen molar-refractivity contribution in [2.45, 2.75) is 38.4 Å². The van der Waals surface area contributed by atoms with E-state index in [-0.39, 0.29) is 18.4 Å². The Kier molecular flexibility index (Phi) is 5.05. The number of hydrogen-bond acceptors (Lipinski definition) is 2. The molecule has 0 heterocycles. The monoisotopic (exact) mass is 314 g/mol. The standard InChI is InChI=1S/C15H17F3N2O2/c16-15(17,18)14(22)19-9-11-7-3-4-8-12(11)20-13(21)10-5-1-2-6-10/h3-4,7-8,10H,1-2,5-6,9H2,(H,19,22)(H,20,21). The Bertz CT molecular complexity index is 552. The van der Waals surface area contributed by atoms with Crippen molar-refractivity contribution in [2.24, 2.45) is 5.92 Å². The van der Waals surface area contributed by atoms with Gasteiger partial charge in [-0.05, 0) is 24.5 Å². The van der Waals surface area contributed by atoms with E-state index in [9.17, 15) is 22.8 Å². The summed E-state index contributed by atoms with van der Waals surface area (Å²) in [5.41, 5.74) is 0.869. The van der Waals surface area contributed by atoms with E-state index in [1.165, 1.54) is 0 Å². The molecular weight excluding hydrogens is 297 g/mol. The van der Waals surface area contributed by atoms with Gasteiger partial charge < -0.3 is 10.6 Å². The Morgan fingerprint density at radius 1 is 1.14 bits per heavy atom. The molecule has 0 atom stereocenters. The molecule has 22 heavy (non-hydrogen) atoms. The van der Waals surface area contributed by atoms with Crippen LogP contribution in [0.1, 0.15) is 31.2 Å². The first kappa shape index (κ1) is 16.3. The minimum Gasteiger partial charge on any atom is -0.344 e. The SMILES string of the molecule is O=C(Nc1ccccc1CNC(=O)C(F)(F)F)C1CCCC1. The van der Waals surface area contributed by atoms with Gasteiger partial charge in [0.2, 0.25) is 5.91 Å². The average molecular weight is 314 g/mol. The summed E-state index contributed by atoms with van der Waals surface area (Å²) in [7, 11) is 0. The highest BCUT2D eigenvalue weighted by Crippen LogP contribution is 2.26. The van der Waals surface area contributed by atoms with Crippen molar-refractivity contribution < 1.29 is 22.8 Å². The van der Waals surface area contributed by atoms with Crippen molar-refractivity contribution in [1.29, 1.82) is 0 Å². The van der Waals surface area contributed by atoms with Crippen LogP contribution in [0, 0.1) is 5.92 Å². The highest BCUT2D eigenvalue weighted by atomic mass is 19.4. The Morgan fingerprint density at radius 3 is 2.41 bits per heavy atom. The number of para-hydroxylation sites is 1. The lowest BCUT2D eigenvalue weighted by Crippen LogP contribution is -2.36. The van der Waals surface area contributed by atoms with Crippen molar-refractivity contribution in [2.75, 3.05) is 5.32 Å². The number of carbonyl (C=O) groups is 2. The van der Waals surface area contributed by atoms with Gasteiger partial charge in [0, 0.05) is 18.2 Å². The first-order valence-corrected chi connectivity index (χ1v) is 7.11. The molecule has 1 fully saturated rings. The van der Waals surface area contributed by atoms with Crippen LogP contribution in [-0.4, -0.2) is 18.0 Å². The van der Waals surface area contributed by atoms with Gasteiger partial charge in [-0.3, -0.25) is 9.59 Å². The molecule has 0 unspecified atom stereocenters. The number of amides is 2. The normalized spacial score (nSPS) is 15.6. The summed E-state index contributed by atoms with van der Waals surface area (Å²) in [6, 6.07) is 6.50. The molecule has 2 amide bonds. The van der Waals surface area contributed by atoms with Crippen LogP contribution in [-0.2, 0) is 16.1 Å². The van der Waals surface area contributed by atoms with Crippen molar-refractivity contribution in [3.63, 3.8) is 0 Å². The lowest BCUT2D eigenvalue weighted by Gasteiger charge is -2.15. The molecule has 0 bridgehead atoms. The van der Waals surface area contributed by atoms with Gasteiger partial charge in [0.05, 0.1) is 0 Å². The molecule has 120 valence electrons. The van der Waals surface area contributed by atoms with Gasteiger partial charge in [-0.15, -0.1) is 0 Å². The second-order valence-corrected chi connectivity index (χ2v) is 5.31. The van der Waals surface area contributed by atoms with Gasteiger partial charge in [-0.25, -0.2) is 0 Å². The molecule has 1 aliphatic carbocycles. The molecule has 1 aromatic rings. The molecule has 7 heteroatoms. The van der Waals surface area contributed by atoms with E-state index in [1.807, 2.05) is 0 Å². The van der Waals surface area contributed by atoms with Gasteiger partial charge in [0.1, 0.15) is 0 Å². The molecule has 1 aliphatic rings. The Labute approximate surface area is 126 Å². The van der Waals surface area contributed by atoms with E-state index in [0.29, 0.717) is 11.3 Å². The lowest BCUT2D eigenvalue weighted by atomic mass is 10.1. The fraction of sp³-hybridized carbons (Fsp3) is 0.467. The average Bonchev–Trinajstić information content (AvgIpc) is 2.99. The summed E-state index contributed by atoms with van der Waals surface area (Å²) >= 11 is 0. The summed E-state index contributed by atoms with van der Waals surface area (Å²) < 4.78 is 36.6. The molecule has 0 saturated heterocycles. The molecule has 1 saturated carbocycles. The summed E-state index contributed by atoms with van der Waals surface area (Å²) in [6.45, 7) is -0.292. The van der Waals surface area contributed by atoms with Gasteiger partial charge in [-0.2, -0.15) is 13.2 Å². The van der Waals surface area contributed by atoms with E-state index >= 15 is 0 Å². The molecular formula is C15H17F3N2O2. The summed E-state index contributed by atoms with van der Waals surface area (Å²) in [5, 5.41) is 4.55. The first-order chi connectivity index (χ1) is 10.4. The second kappa shape index (κ2) is 6.81. The minimum absolute atomic E-state index is 0.0437. The first-order valence-electron chi connectivity index (χ1n) is 7.11. The number of hydrogen-bond donors (Lipinski definition) is 2. The fourth-order valence-corrected chi connectivity index (χ4v) is 2.49. The number of anilines is 1. The van der Waals surface area contributed by atoms with Gasteiger partial charge in [0.15, 0.2) is 0 Å². The second-order valence-electron chi connectivity index (χ2n) is 5.31. The lowest BCUT2D eigenvalue weighted by molar-refractivity contribution is -0.173. The van der Waals surface area contributed by atoms with Crippen LogP contribution in [0.2, 0.25) is 0 Å². The van der Waals surface area contributed by atoms with Crippen LogP contribution in [0.3, 0.4) is 0 Å². The largest absolute Gasteiger partial charge is 0.471 e. The van der Waals surface area contributed by atoms with Crippen molar-refractivity contribution in [3.05, 3.63) is 29.8 Å². The zero-order chi connectivity index (χ0) is 16.2. The van der Waals surface area contributed by atoms with Crippen molar-refractivity contribution >= 4 is 17.5 Å². The minimum atomic E-state index is -4.91. The maximum atomic E-state index is 12.2. The van der Waals surface area contributed by atoms with Crippen LogP contribution in [0.15, 0.2) is 24.3 Å². The Balaban J connectivity index is 2.00. The summed E-state index contributed by atoms with van der Waals surface area (Å²) in [6.07, 6.45) is -1.22. The maximum absolute atomic E-state index is 12.2. The number of benzene rings is 1. The van der Waals surface area contributed by atoms with Crippen LogP contribution in [0.4, 0.5) is 18.9 Å². The molecule has 2 rings (SSSR count). The van der Waals surface area contributed by atoms with Crippen LogP contribution in [0.25, 0.3) is 0 Å². The smallest absolute Gasteiger partial charge is 0.344 e. The topological polar surface area (TPSA) is 58.2 Å². The quantitative estimate of drug-likeness (QED) is 0.897. The number of alkyl halides is 3. The summed E-state index contributed by atoms with van der Waals surface area (Å²) in [5.74, 6) is -2.16. The van der Waals surface area contributed by atoms with Gasteiger partial charge in [0.25, 0.3) is 0 Å². The molecule has 0 radical (unpaired) electrons. The highest BCUT2D eigenvalue weighted by molar-refractivity contribution is 5.93. The highest BCUT2D eigenvalue weighted by Gasteiger charge is 2.38. The number of nitrogens with one attached hydrogen (secondary N) is 2. The molecule has 0 aliphatic heterocycles. The van der Waals surface area contributed by atoms with Gasteiger partial charge in [-0.1, -0.05) is 31.0 Å². The molecule has 0 aromatic heterocycles. The van der Waals surface area contributed by atoms with Crippen molar-refractivity contribution in [3.8, 4) is 0 Å². The zero-order valence-corrected chi connectivity index (χ0v) is 11.9. The predicted molar refractivity (Wildman–Crippen MR) is 74.9 cm³/mol. The van der Waals surface area contributed by atoms with E-state index in [1.54, 1.807) is 29.6 Å². The maximum Gasteiger partial charge on any atom is 0.471 e. The Morgan fingerprint density at radius 2 is 1.77 bits per heavy atom. The van der Waals surface area contributed by atoms with Gasteiger partial charge >= 0.3 is 12.1 Å². The van der Waals surface area contributed by atoms with Crippen molar-refractivity contribution in [1.82, 2.24) is 5.32 Å². The van der Waals surface area contributed by atoms with Crippen LogP contribution in [0.5, 0.6) is 0 Å². The predicted octanol–water partition coefficient (Wildman–Crippen LogP) is 2.99. The number of halogens is 3. The van der Waals surface area contributed by atoms with E-state index in [2.05, 4.69) is 5.32 Å². The van der Waals surface area contributed by atoms with E-state index < -0.39 is 12.1 Å². The third kappa shape index (κ3) is 4.22. The molecule has 2 N–H and O–H groups in total. The number of carbonyl (C=O) groups excluding carboxylic acids is 2. The van der Waals surface area contributed by atoms with E-state index in [0.717, 1.165) is 25.7 Å². The molecule has 4 nitrogen and oxygen atoms in total. The van der Waals surface area contributed by atoms with E-state index in [4.69, 9.17) is 0 Å². The Hall–Kier alpha value is -2.05. The fourth-order valence-electron chi connectivity index (χ4n) is 2.49.